The molecule has 1 unspecified atom stereocenters. The van der Waals surface area contributed by atoms with E-state index in [9.17, 15) is 4.79 Å². The third-order valence-electron chi connectivity index (χ3n) is 3.50. The maximum absolute atomic E-state index is 12.3. The van der Waals surface area contributed by atoms with Crippen molar-refractivity contribution in [2.24, 2.45) is 0 Å². The van der Waals surface area contributed by atoms with Gasteiger partial charge in [-0.15, -0.1) is 0 Å². The van der Waals surface area contributed by atoms with Crippen LogP contribution in [0.5, 0.6) is 0 Å². The normalized spacial score (nSPS) is 12.6. The first kappa shape index (κ1) is 18.1. The SMILES string of the molecule is [C-]#[N+]C(C(=O)OC(C)(C)C)c1cccc(-n2cc3ccc(Br)cc3n2)n1. The van der Waals surface area contributed by atoms with Crippen LogP contribution in [-0.2, 0) is 9.53 Å². The number of rotatable bonds is 3. The monoisotopic (exact) mass is 412 g/mol. The topological polar surface area (TPSA) is 61.4 Å². The van der Waals surface area contributed by atoms with Gasteiger partial charge in [-0.05, 0) is 45.0 Å². The molecule has 132 valence electrons. The molecule has 0 saturated heterocycles. The summed E-state index contributed by atoms with van der Waals surface area (Å²) in [7, 11) is 0. The lowest BCUT2D eigenvalue weighted by Gasteiger charge is -2.19. The predicted molar refractivity (Wildman–Crippen MR) is 102 cm³/mol. The molecule has 0 spiro atoms. The van der Waals surface area contributed by atoms with E-state index in [1.807, 2.05) is 24.4 Å². The summed E-state index contributed by atoms with van der Waals surface area (Å²) in [6.07, 6.45) is 1.86. The zero-order valence-corrected chi connectivity index (χ0v) is 16.2. The summed E-state index contributed by atoms with van der Waals surface area (Å²) >= 11 is 3.43. The minimum absolute atomic E-state index is 0.340. The average Bonchev–Trinajstić information content (AvgIpc) is 2.97. The van der Waals surface area contributed by atoms with Crippen molar-refractivity contribution in [2.45, 2.75) is 32.4 Å². The van der Waals surface area contributed by atoms with Gasteiger partial charge in [-0.25, -0.2) is 21.0 Å². The van der Waals surface area contributed by atoms with Gasteiger partial charge in [0, 0.05) is 16.1 Å². The highest BCUT2D eigenvalue weighted by molar-refractivity contribution is 9.10. The molecular weight excluding hydrogens is 396 g/mol. The highest BCUT2D eigenvalue weighted by Crippen LogP contribution is 2.23. The molecule has 0 aliphatic rings. The number of nitrogens with zero attached hydrogens (tertiary/aromatic N) is 4. The van der Waals surface area contributed by atoms with Crippen LogP contribution in [0, 0.1) is 6.57 Å². The standard InChI is InChI=1S/C19H17BrN4O2/c1-19(2,3)26-18(25)17(21-4)14-6-5-7-16(22-14)24-11-12-8-9-13(20)10-15(12)23-24/h5-11,17H,1-3H3. The van der Waals surface area contributed by atoms with E-state index >= 15 is 0 Å². The number of hydrogen-bond acceptors (Lipinski definition) is 4. The van der Waals surface area contributed by atoms with Crippen LogP contribution >= 0.6 is 15.9 Å². The molecule has 0 amide bonds. The van der Waals surface area contributed by atoms with Crippen molar-refractivity contribution in [3.63, 3.8) is 0 Å². The number of aromatic nitrogens is 3. The molecule has 1 atom stereocenters. The molecule has 0 aliphatic heterocycles. The number of fused-ring (bicyclic) bond motifs is 1. The lowest BCUT2D eigenvalue weighted by atomic mass is 10.1. The van der Waals surface area contributed by atoms with Crippen LogP contribution in [0.1, 0.15) is 32.5 Å². The lowest BCUT2D eigenvalue weighted by molar-refractivity contribution is -0.155. The largest absolute Gasteiger partial charge is 0.454 e. The zero-order chi connectivity index (χ0) is 18.9. The van der Waals surface area contributed by atoms with Crippen LogP contribution in [0.15, 0.2) is 47.1 Å². The van der Waals surface area contributed by atoms with Gasteiger partial charge in [-0.2, -0.15) is 5.10 Å². The summed E-state index contributed by atoms with van der Waals surface area (Å²) in [5, 5.41) is 5.47. The lowest BCUT2D eigenvalue weighted by Crippen LogP contribution is -2.27. The molecule has 0 saturated carbocycles. The van der Waals surface area contributed by atoms with Crippen LogP contribution in [0.25, 0.3) is 21.6 Å². The third kappa shape index (κ3) is 3.92. The van der Waals surface area contributed by atoms with Gasteiger partial charge < -0.3 is 4.74 Å². The molecule has 0 fully saturated rings. The summed E-state index contributed by atoms with van der Waals surface area (Å²) in [4.78, 5) is 20.2. The van der Waals surface area contributed by atoms with E-state index in [0.29, 0.717) is 11.5 Å². The molecule has 0 radical (unpaired) electrons. The van der Waals surface area contributed by atoms with Gasteiger partial charge in [-0.1, -0.05) is 28.1 Å². The highest BCUT2D eigenvalue weighted by atomic mass is 79.9. The highest BCUT2D eigenvalue weighted by Gasteiger charge is 2.32. The van der Waals surface area contributed by atoms with E-state index in [2.05, 4.69) is 30.9 Å². The van der Waals surface area contributed by atoms with Gasteiger partial charge in [0.2, 0.25) is 0 Å². The van der Waals surface area contributed by atoms with Gasteiger partial charge in [0.05, 0.1) is 5.52 Å². The maximum atomic E-state index is 12.3. The fourth-order valence-corrected chi connectivity index (χ4v) is 2.77. The van der Waals surface area contributed by atoms with Gasteiger partial charge in [0.1, 0.15) is 11.3 Å². The fourth-order valence-electron chi connectivity index (χ4n) is 2.42. The van der Waals surface area contributed by atoms with Gasteiger partial charge >= 0.3 is 12.0 Å². The molecule has 2 aromatic heterocycles. The molecule has 3 rings (SSSR count). The van der Waals surface area contributed by atoms with Crippen molar-refractivity contribution in [3.8, 4) is 5.82 Å². The molecule has 2 heterocycles. The van der Waals surface area contributed by atoms with Gasteiger partial charge in [0.25, 0.3) is 0 Å². The second kappa shape index (κ2) is 6.89. The smallest absolute Gasteiger partial charge is 0.397 e. The Bertz CT molecular complexity index is 1010. The summed E-state index contributed by atoms with van der Waals surface area (Å²) in [5.74, 6) is -0.0706. The zero-order valence-electron chi connectivity index (χ0n) is 14.6. The Kier molecular flexibility index (Phi) is 4.79. The van der Waals surface area contributed by atoms with E-state index in [1.54, 1.807) is 43.7 Å². The minimum atomic E-state index is -1.10. The predicted octanol–water partition coefficient (Wildman–Crippen LogP) is 4.49. The molecule has 6 nitrogen and oxygen atoms in total. The summed E-state index contributed by atoms with van der Waals surface area (Å²) in [6.45, 7) is 12.7. The first-order valence-corrected chi connectivity index (χ1v) is 8.78. The summed E-state index contributed by atoms with van der Waals surface area (Å²) in [5.41, 5.74) is 0.498. The molecule has 0 bridgehead atoms. The maximum Gasteiger partial charge on any atom is 0.397 e. The van der Waals surface area contributed by atoms with E-state index in [1.165, 1.54) is 0 Å². The summed E-state index contributed by atoms with van der Waals surface area (Å²) < 4.78 is 7.91. The summed E-state index contributed by atoms with van der Waals surface area (Å²) in [6, 6.07) is 9.89. The number of pyridine rings is 1. The first-order chi connectivity index (χ1) is 12.3. The van der Waals surface area contributed by atoms with Crippen molar-refractivity contribution in [1.29, 1.82) is 0 Å². The third-order valence-corrected chi connectivity index (χ3v) is 3.99. The molecular formula is C19H17BrN4O2. The number of ether oxygens (including phenoxy) is 1. The number of halogens is 1. The van der Waals surface area contributed by atoms with Crippen LogP contribution in [0.3, 0.4) is 0 Å². The molecule has 0 N–H and O–H groups in total. The number of carbonyl (C=O) groups is 1. The average molecular weight is 413 g/mol. The van der Waals surface area contributed by atoms with Crippen molar-refractivity contribution < 1.29 is 9.53 Å². The number of benzene rings is 1. The first-order valence-electron chi connectivity index (χ1n) is 7.98. The van der Waals surface area contributed by atoms with Crippen molar-refractivity contribution in [2.75, 3.05) is 0 Å². The van der Waals surface area contributed by atoms with E-state index in [0.717, 1.165) is 15.4 Å². The van der Waals surface area contributed by atoms with Gasteiger partial charge in [0.15, 0.2) is 5.82 Å². The minimum Gasteiger partial charge on any atom is -0.454 e. The molecule has 7 heteroatoms. The molecule has 1 aromatic carbocycles. The fraction of sp³-hybridized carbons (Fsp3) is 0.263. The quantitative estimate of drug-likeness (QED) is 0.469. The second-order valence-electron chi connectivity index (χ2n) is 6.76. The van der Waals surface area contributed by atoms with E-state index in [-0.39, 0.29) is 0 Å². The Hall–Kier alpha value is -2.72. The number of hydrogen-bond donors (Lipinski definition) is 0. The van der Waals surface area contributed by atoms with Crippen molar-refractivity contribution in [1.82, 2.24) is 14.8 Å². The van der Waals surface area contributed by atoms with E-state index < -0.39 is 17.6 Å². The van der Waals surface area contributed by atoms with Crippen molar-refractivity contribution >= 4 is 32.8 Å². The number of esters is 1. The molecule has 0 aliphatic carbocycles. The Morgan fingerprint density at radius 2 is 2.08 bits per heavy atom. The molecule has 3 aromatic rings. The Morgan fingerprint density at radius 3 is 2.77 bits per heavy atom. The van der Waals surface area contributed by atoms with Crippen LogP contribution in [0.2, 0.25) is 0 Å². The Morgan fingerprint density at radius 1 is 1.31 bits per heavy atom. The Labute approximate surface area is 159 Å². The number of carbonyl (C=O) groups excluding carboxylic acids is 1. The van der Waals surface area contributed by atoms with Crippen molar-refractivity contribution in [3.05, 3.63) is 64.2 Å². The second-order valence-corrected chi connectivity index (χ2v) is 7.68. The van der Waals surface area contributed by atoms with Crippen LogP contribution in [-0.4, -0.2) is 26.3 Å². The van der Waals surface area contributed by atoms with Gasteiger partial charge in [-0.3, -0.25) is 4.85 Å². The Balaban J connectivity index is 1.96. The van der Waals surface area contributed by atoms with E-state index in [4.69, 9.17) is 11.3 Å². The molecule has 26 heavy (non-hydrogen) atoms. The van der Waals surface area contributed by atoms with Crippen LogP contribution < -0.4 is 0 Å². The van der Waals surface area contributed by atoms with Crippen LogP contribution in [0.4, 0.5) is 0 Å².